The number of rotatable bonds is 6. The maximum atomic E-state index is 8.98. The summed E-state index contributed by atoms with van der Waals surface area (Å²) in [6.07, 6.45) is -0.573. The van der Waals surface area contributed by atoms with Crippen LogP contribution in [0.3, 0.4) is 0 Å². The molecule has 2 aromatic carbocycles. The molecule has 0 aliphatic heterocycles. The van der Waals surface area contributed by atoms with Gasteiger partial charge in [0.05, 0.1) is 0 Å². The molecule has 1 atom stereocenters. The second kappa shape index (κ2) is 6.70. The van der Waals surface area contributed by atoms with Gasteiger partial charge in [0.1, 0.15) is 6.10 Å². The molecule has 0 aliphatic carbocycles. The number of hydrogen-bond acceptors (Lipinski definition) is 5. The van der Waals surface area contributed by atoms with Crippen molar-refractivity contribution < 1.29 is 23.9 Å². The van der Waals surface area contributed by atoms with E-state index in [1.807, 2.05) is 67.6 Å². The fraction of sp³-hybridized carbons (Fsp3) is 0.250. The van der Waals surface area contributed by atoms with Crippen molar-refractivity contribution in [3.8, 4) is 0 Å². The highest BCUT2D eigenvalue weighted by Crippen LogP contribution is 2.36. The Balaban J connectivity index is 2.38. The second-order valence-corrected chi connectivity index (χ2v) is 6.64. The van der Waals surface area contributed by atoms with Crippen LogP contribution in [0.2, 0.25) is 0 Å². The minimum atomic E-state index is -4.72. The van der Waals surface area contributed by atoms with Gasteiger partial charge >= 0.3 is 9.05 Å². The lowest BCUT2D eigenvalue weighted by Gasteiger charge is -2.36. The fourth-order valence-electron chi connectivity index (χ4n) is 2.44. The molecule has 0 bridgehead atoms. The average Bonchev–Trinajstić information content (AvgIpc) is 2.52. The highest BCUT2D eigenvalue weighted by molar-refractivity contribution is 6.48. The molecule has 2 aromatic rings. The first kappa shape index (κ1) is 16.8. The van der Waals surface area contributed by atoms with E-state index in [1.54, 1.807) is 6.92 Å². The third-order valence-corrected chi connectivity index (χ3v) is 4.18. The summed E-state index contributed by atoms with van der Waals surface area (Å²) in [5, 5.41) is 0. The fourth-order valence-corrected chi connectivity index (χ4v) is 2.71. The van der Waals surface area contributed by atoms with Gasteiger partial charge in [-0.05, 0) is 25.0 Å². The predicted octanol–water partition coefficient (Wildman–Crippen LogP) is 1.74. The first-order valence-electron chi connectivity index (χ1n) is 6.96. The Morgan fingerprint density at radius 1 is 0.864 bits per heavy atom. The van der Waals surface area contributed by atoms with Crippen molar-refractivity contribution in [3.05, 3.63) is 71.8 Å². The zero-order valence-electron chi connectivity index (χ0n) is 12.5. The standard InChI is InChI=1S/C16H20O5Si/c1-13(20-21-22(17,18)19)16(2,14-9-5-3-6-10-14)15-11-7-4-8-12-15/h3-13,17-19H,1-2H3. The van der Waals surface area contributed by atoms with E-state index in [4.69, 9.17) is 19.3 Å². The van der Waals surface area contributed by atoms with Gasteiger partial charge in [0.2, 0.25) is 0 Å². The summed E-state index contributed by atoms with van der Waals surface area (Å²) < 4.78 is 4.39. The lowest BCUT2D eigenvalue weighted by Crippen LogP contribution is -2.44. The Bertz CT molecular complexity index is 543. The molecule has 5 nitrogen and oxygen atoms in total. The third-order valence-electron chi connectivity index (χ3n) is 3.86. The summed E-state index contributed by atoms with van der Waals surface area (Å²) in [7, 11) is -4.72. The van der Waals surface area contributed by atoms with Gasteiger partial charge in [0.15, 0.2) is 0 Å². The van der Waals surface area contributed by atoms with E-state index in [0.29, 0.717) is 0 Å². The van der Waals surface area contributed by atoms with Crippen LogP contribution < -0.4 is 0 Å². The maximum absolute atomic E-state index is 8.98. The molecule has 0 saturated heterocycles. The van der Waals surface area contributed by atoms with Crippen molar-refractivity contribution in [3.63, 3.8) is 0 Å². The van der Waals surface area contributed by atoms with Crippen LogP contribution in [0, 0.1) is 0 Å². The SMILES string of the molecule is CC(OO[Si](O)(O)O)C(C)(c1ccccc1)c1ccccc1. The monoisotopic (exact) mass is 320 g/mol. The molecule has 0 spiro atoms. The molecule has 118 valence electrons. The largest absolute Gasteiger partial charge is 0.699 e. The van der Waals surface area contributed by atoms with Gasteiger partial charge in [-0.25, -0.2) is 4.89 Å². The minimum Gasteiger partial charge on any atom is -0.366 e. The summed E-state index contributed by atoms with van der Waals surface area (Å²) in [4.78, 5) is 32.0. The lowest BCUT2D eigenvalue weighted by molar-refractivity contribution is -0.298. The molecule has 0 amide bonds. The van der Waals surface area contributed by atoms with Crippen LogP contribution in [-0.4, -0.2) is 29.5 Å². The molecule has 0 fully saturated rings. The Morgan fingerprint density at radius 2 is 1.27 bits per heavy atom. The first-order valence-corrected chi connectivity index (χ1v) is 8.71. The molecule has 2 rings (SSSR count). The van der Waals surface area contributed by atoms with E-state index in [-0.39, 0.29) is 0 Å². The van der Waals surface area contributed by atoms with Gasteiger partial charge in [-0.1, -0.05) is 60.7 Å². The number of hydrogen-bond donors (Lipinski definition) is 3. The van der Waals surface area contributed by atoms with Crippen LogP contribution in [0.25, 0.3) is 0 Å². The van der Waals surface area contributed by atoms with Crippen LogP contribution >= 0.6 is 0 Å². The molecule has 0 saturated carbocycles. The van der Waals surface area contributed by atoms with Crippen molar-refractivity contribution in [2.75, 3.05) is 0 Å². The molecular weight excluding hydrogens is 300 g/mol. The van der Waals surface area contributed by atoms with Crippen LogP contribution in [0.5, 0.6) is 0 Å². The van der Waals surface area contributed by atoms with E-state index in [9.17, 15) is 0 Å². The third kappa shape index (κ3) is 3.80. The van der Waals surface area contributed by atoms with Crippen LogP contribution in [0.1, 0.15) is 25.0 Å². The van der Waals surface area contributed by atoms with Crippen molar-refractivity contribution >= 4 is 9.05 Å². The van der Waals surface area contributed by atoms with Gasteiger partial charge in [-0.2, -0.15) is 4.58 Å². The summed E-state index contributed by atoms with van der Waals surface area (Å²) in [5.41, 5.74) is 1.37. The molecule has 22 heavy (non-hydrogen) atoms. The molecule has 6 heteroatoms. The highest BCUT2D eigenvalue weighted by atomic mass is 28.4. The van der Waals surface area contributed by atoms with Crippen molar-refractivity contribution in [1.82, 2.24) is 0 Å². The van der Waals surface area contributed by atoms with E-state index in [1.165, 1.54) is 0 Å². The van der Waals surface area contributed by atoms with Gasteiger partial charge in [-0.15, -0.1) is 0 Å². The summed E-state index contributed by atoms with van der Waals surface area (Å²) in [6, 6.07) is 19.4. The topological polar surface area (TPSA) is 79.2 Å². The molecular formula is C16H20O5Si. The molecule has 1 unspecified atom stereocenters. The van der Waals surface area contributed by atoms with Gasteiger partial charge < -0.3 is 14.4 Å². The predicted molar refractivity (Wildman–Crippen MR) is 83.4 cm³/mol. The van der Waals surface area contributed by atoms with E-state index in [2.05, 4.69) is 4.58 Å². The zero-order chi connectivity index (χ0) is 16.2. The van der Waals surface area contributed by atoms with Crippen LogP contribution in [-0.2, 0) is 14.9 Å². The molecule has 0 aliphatic rings. The summed E-state index contributed by atoms with van der Waals surface area (Å²) >= 11 is 0. The molecule has 0 radical (unpaired) electrons. The van der Waals surface area contributed by atoms with Gasteiger partial charge in [0.25, 0.3) is 0 Å². The lowest BCUT2D eigenvalue weighted by atomic mass is 9.72. The number of benzene rings is 2. The molecule has 3 N–H and O–H groups in total. The summed E-state index contributed by atoms with van der Waals surface area (Å²) in [6.45, 7) is 3.72. The van der Waals surface area contributed by atoms with Crippen molar-refractivity contribution in [1.29, 1.82) is 0 Å². The highest BCUT2D eigenvalue weighted by Gasteiger charge is 2.40. The molecule has 0 aromatic heterocycles. The maximum Gasteiger partial charge on any atom is 0.699 e. The van der Waals surface area contributed by atoms with E-state index >= 15 is 0 Å². The van der Waals surface area contributed by atoms with E-state index < -0.39 is 20.6 Å². The average molecular weight is 320 g/mol. The quantitative estimate of drug-likeness (QED) is 0.429. The Hall–Kier alpha value is -1.54. The molecule has 0 heterocycles. The Morgan fingerprint density at radius 3 is 1.64 bits per heavy atom. The van der Waals surface area contributed by atoms with Crippen molar-refractivity contribution in [2.24, 2.45) is 0 Å². The normalized spacial score (nSPS) is 13.9. The van der Waals surface area contributed by atoms with E-state index in [0.717, 1.165) is 11.1 Å². The first-order chi connectivity index (χ1) is 10.3. The second-order valence-electron chi connectivity index (χ2n) is 5.33. The van der Waals surface area contributed by atoms with Crippen molar-refractivity contribution in [2.45, 2.75) is 25.4 Å². The van der Waals surface area contributed by atoms with Crippen LogP contribution in [0.4, 0.5) is 0 Å². The Labute approximate surface area is 130 Å². The minimum absolute atomic E-state index is 0.573. The Kier molecular flexibility index (Phi) is 5.12. The van der Waals surface area contributed by atoms with Crippen LogP contribution in [0.15, 0.2) is 60.7 Å². The zero-order valence-corrected chi connectivity index (χ0v) is 13.5. The van der Waals surface area contributed by atoms with Gasteiger partial charge in [-0.3, -0.25) is 0 Å². The smallest absolute Gasteiger partial charge is 0.366 e. The van der Waals surface area contributed by atoms with Gasteiger partial charge in [0, 0.05) is 5.41 Å². The summed E-state index contributed by atoms with van der Waals surface area (Å²) in [5.74, 6) is 0.